The van der Waals surface area contributed by atoms with Crippen LogP contribution in [0.25, 0.3) is 10.4 Å². The van der Waals surface area contributed by atoms with Crippen molar-refractivity contribution >= 4 is 17.1 Å². The first-order valence-corrected chi connectivity index (χ1v) is 6.46. The Kier molecular flexibility index (Phi) is 3.38. The van der Waals surface area contributed by atoms with Gasteiger partial charge in [0.15, 0.2) is 5.78 Å². The average molecular weight is 245 g/mol. The van der Waals surface area contributed by atoms with Gasteiger partial charge in [0.25, 0.3) is 0 Å². The van der Waals surface area contributed by atoms with Gasteiger partial charge in [-0.25, -0.2) is 4.98 Å². The third kappa shape index (κ3) is 2.61. The SMILES string of the molecule is CC(=O)c1ccc(-c2cnc(C(C)C)s2)cc1. The molecule has 0 atom stereocenters. The predicted octanol–water partition coefficient (Wildman–Crippen LogP) is 4.14. The molecule has 0 spiro atoms. The molecule has 2 aromatic rings. The number of hydrogen-bond donors (Lipinski definition) is 0. The highest BCUT2D eigenvalue weighted by Crippen LogP contribution is 2.29. The Labute approximate surface area is 105 Å². The van der Waals surface area contributed by atoms with E-state index >= 15 is 0 Å². The van der Waals surface area contributed by atoms with E-state index in [1.54, 1.807) is 18.3 Å². The van der Waals surface area contributed by atoms with Crippen LogP contribution in [-0.4, -0.2) is 10.8 Å². The molecule has 1 aromatic carbocycles. The summed E-state index contributed by atoms with van der Waals surface area (Å²) in [5.41, 5.74) is 1.88. The van der Waals surface area contributed by atoms with Gasteiger partial charge in [-0.15, -0.1) is 11.3 Å². The smallest absolute Gasteiger partial charge is 0.159 e. The molecular formula is C14H15NOS. The number of benzene rings is 1. The van der Waals surface area contributed by atoms with Crippen molar-refractivity contribution in [1.82, 2.24) is 4.98 Å². The molecule has 0 aliphatic rings. The predicted molar refractivity (Wildman–Crippen MR) is 71.6 cm³/mol. The van der Waals surface area contributed by atoms with Crippen molar-refractivity contribution in [3.63, 3.8) is 0 Å². The first-order valence-electron chi connectivity index (χ1n) is 5.65. The lowest BCUT2D eigenvalue weighted by Crippen LogP contribution is -1.90. The molecule has 1 aromatic heterocycles. The lowest BCUT2D eigenvalue weighted by atomic mass is 10.1. The molecule has 0 aliphatic carbocycles. The van der Waals surface area contributed by atoms with E-state index in [0.29, 0.717) is 5.92 Å². The molecule has 0 amide bonds. The highest BCUT2D eigenvalue weighted by atomic mass is 32.1. The molecule has 3 heteroatoms. The van der Waals surface area contributed by atoms with Crippen LogP contribution in [0.1, 0.15) is 42.1 Å². The zero-order chi connectivity index (χ0) is 12.4. The molecule has 0 saturated carbocycles. The number of aromatic nitrogens is 1. The fourth-order valence-electron chi connectivity index (χ4n) is 1.56. The van der Waals surface area contributed by atoms with E-state index in [4.69, 9.17) is 0 Å². The number of thiazole rings is 1. The maximum Gasteiger partial charge on any atom is 0.159 e. The zero-order valence-electron chi connectivity index (χ0n) is 10.2. The van der Waals surface area contributed by atoms with E-state index < -0.39 is 0 Å². The van der Waals surface area contributed by atoms with Crippen LogP contribution < -0.4 is 0 Å². The third-order valence-corrected chi connectivity index (χ3v) is 3.94. The van der Waals surface area contributed by atoms with Crippen LogP contribution in [0.5, 0.6) is 0 Å². The third-order valence-electron chi connectivity index (χ3n) is 2.59. The molecule has 0 aliphatic heterocycles. The number of hydrogen-bond acceptors (Lipinski definition) is 3. The van der Waals surface area contributed by atoms with E-state index in [2.05, 4.69) is 18.8 Å². The summed E-state index contributed by atoms with van der Waals surface area (Å²) in [5.74, 6) is 0.564. The molecule has 1 heterocycles. The Bertz CT molecular complexity index is 525. The monoisotopic (exact) mass is 245 g/mol. The van der Waals surface area contributed by atoms with Crippen molar-refractivity contribution in [3.8, 4) is 10.4 Å². The van der Waals surface area contributed by atoms with E-state index in [9.17, 15) is 4.79 Å². The summed E-state index contributed by atoms with van der Waals surface area (Å²) < 4.78 is 0. The van der Waals surface area contributed by atoms with E-state index in [-0.39, 0.29) is 5.78 Å². The Hall–Kier alpha value is -1.48. The molecule has 2 nitrogen and oxygen atoms in total. The van der Waals surface area contributed by atoms with Crippen molar-refractivity contribution in [2.75, 3.05) is 0 Å². The van der Waals surface area contributed by atoms with Crippen LogP contribution in [0, 0.1) is 0 Å². The summed E-state index contributed by atoms with van der Waals surface area (Å²) in [5, 5.41) is 1.15. The number of rotatable bonds is 3. The van der Waals surface area contributed by atoms with Crippen LogP contribution in [0.4, 0.5) is 0 Å². The fourth-order valence-corrected chi connectivity index (χ4v) is 2.48. The standard InChI is InChI=1S/C14H15NOS/c1-9(2)14-15-8-13(17-14)12-6-4-11(5-7-12)10(3)16/h4-9H,1-3H3. The van der Waals surface area contributed by atoms with Gasteiger partial charge in [0.1, 0.15) is 0 Å². The van der Waals surface area contributed by atoms with Crippen molar-refractivity contribution in [2.45, 2.75) is 26.7 Å². The van der Waals surface area contributed by atoms with Gasteiger partial charge in [-0.3, -0.25) is 4.79 Å². The molecule has 0 saturated heterocycles. The Morgan fingerprint density at radius 2 is 1.88 bits per heavy atom. The Balaban J connectivity index is 2.30. The van der Waals surface area contributed by atoms with E-state index in [1.165, 1.54) is 0 Å². The number of carbonyl (C=O) groups is 1. The van der Waals surface area contributed by atoms with Crippen LogP contribution >= 0.6 is 11.3 Å². The second-order valence-electron chi connectivity index (χ2n) is 4.35. The summed E-state index contributed by atoms with van der Waals surface area (Å²) >= 11 is 1.71. The van der Waals surface area contributed by atoms with Gasteiger partial charge in [-0.2, -0.15) is 0 Å². The minimum Gasteiger partial charge on any atom is -0.295 e. The second-order valence-corrected chi connectivity index (χ2v) is 5.41. The largest absolute Gasteiger partial charge is 0.295 e. The minimum atomic E-state index is 0.101. The summed E-state index contributed by atoms with van der Waals surface area (Å²) in [7, 11) is 0. The first kappa shape index (κ1) is 12.0. The van der Waals surface area contributed by atoms with E-state index in [0.717, 1.165) is 21.0 Å². The van der Waals surface area contributed by atoms with Crippen LogP contribution in [0.3, 0.4) is 0 Å². The number of carbonyl (C=O) groups excluding carboxylic acids is 1. The van der Waals surface area contributed by atoms with Gasteiger partial charge >= 0.3 is 0 Å². The fraction of sp³-hybridized carbons (Fsp3) is 0.286. The molecule has 17 heavy (non-hydrogen) atoms. The van der Waals surface area contributed by atoms with Crippen LogP contribution in [0.2, 0.25) is 0 Å². The molecule has 0 N–H and O–H groups in total. The first-order chi connectivity index (χ1) is 8.08. The highest BCUT2D eigenvalue weighted by molar-refractivity contribution is 7.15. The topological polar surface area (TPSA) is 30.0 Å². The molecule has 0 unspecified atom stereocenters. The Morgan fingerprint density at radius 1 is 1.24 bits per heavy atom. The molecule has 2 rings (SSSR count). The maximum atomic E-state index is 11.2. The van der Waals surface area contributed by atoms with Crippen molar-refractivity contribution < 1.29 is 4.79 Å². The van der Waals surface area contributed by atoms with Gasteiger partial charge in [0.05, 0.1) is 9.88 Å². The average Bonchev–Trinajstić information content (AvgIpc) is 2.78. The van der Waals surface area contributed by atoms with Crippen LogP contribution in [-0.2, 0) is 0 Å². The summed E-state index contributed by atoms with van der Waals surface area (Å²) in [6.45, 7) is 5.86. The molecule has 88 valence electrons. The lowest BCUT2D eigenvalue weighted by molar-refractivity contribution is 0.101. The number of Topliss-reactive ketones (excluding diaryl/α,β-unsaturated/α-hetero) is 1. The van der Waals surface area contributed by atoms with Crippen molar-refractivity contribution in [2.24, 2.45) is 0 Å². The van der Waals surface area contributed by atoms with Crippen LogP contribution in [0.15, 0.2) is 30.5 Å². The van der Waals surface area contributed by atoms with Crippen molar-refractivity contribution in [3.05, 3.63) is 41.0 Å². The molecule has 0 bridgehead atoms. The van der Waals surface area contributed by atoms with Gasteiger partial charge in [-0.05, 0) is 12.5 Å². The summed E-state index contributed by atoms with van der Waals surface area (Å²) in [4.78, 5) is 16.7. The summed E-state index contributed by atoms with van der Waals surface area (Å²) in [6.07, 6.45) is 1.91. The molecule has 0 fully saturated rings. The van der Waals surface area contributed by atoms with Gasteiger partial charge in [0.2, 0.25) is 0 Å². The van der Waals surface area contributed by atoms with Crippen molar-refractivity contribution in [1.29, 1.82) is 0 Å². The van der Waals surface area contributed by atoms with Gasteiger partial charge in [-0.1, -0.05) is 38.1 Å². The molecular weight excluding hydrogens is 230 g/mol. The second kappa shape index (κ2) is 4.80. The van der Waals surface area contributed by atoms with Gasteiger partial charge in [0, 0.05) is 17.7 Å². The normalized spacial score (nSPS) is 10.8. The lowest BCUT2D eigenvalue weighted by Gasteiger charge is -1.99. The number of nitrogens with zero attached hydrogens (tertiary/aromatic N) is 1. The minimum absolute atomic E-state index is 0.101. The Morgan fingerprint density at radius 3 is 2.35 bits per heavy atom. The van der Waals surface area contributed by atoms with E-state index in [1.807, 2.05) is 30.5 Å². The quantitative estimate of drug-likeness (QED) is 0.761. The maximum absolute atomic E-state index is 11.2. The van der Waals surface area contributed by atoms with Gasteiger partial charge < -0.3 is 0 Å². The highest BCUT2D eigenvalue weighted by Gasteiger charge is 2.07. The zero-order valence-corrected chi connectivity index (χ0v) is 11.0. The molecule has 0 radical (unpaired) electrons. The number of ketones is 1. The summed E-state index contributed by atoms with van der Waals surface area (Å²) in [6, 6.07) is 7.70.